The molecule has 3 aliphatic heterocycles. The van der Waals surface area contributed by atoms with Gasteiger partial charge in [0.05, 0.1) is 11.5 Å². The molecule has 3 aliphatic rings. The second-order valence-corrected chi connectivity index (χ2v) is 7.12. The van der Waals surface area contributed by atoms with Crippen molar-refractivity contribution in [3.8, 4) is 11.5 Å². The molecule has 1 aromatic carbocycles. The molecule has 1 N–H and O–H groups in total. The van der Waals surface area contributed by atoms with E-state index in [1.54, 1.807) is 11.9 Å². The highest BCUT2D eigenvalue weighted by atomic mass is 16.7. The third-order valence-corrected chi connectivity index (χ3v) is 5.93. The predicted octanol–water partition coefficient (Wildman–Crippen LogP) is 1.31. The Bertz CT molecular complexity index is 711. The number of carbonyl (C=O) groups excluding carboxylic acids is 1. The van der Waals surface area contributed by atoms with Crippen LogP contribution in [0.2, 0.25) is 0 Å². The lowest BCUT2D eigenvalue weighted by atomic mass is 9.77. The normalized spacial score (nSPS) is 24.9. The van der Waals surface area contributed by atoms with E-state index in [-0.39, 0.29) is 19.1 Å². The summed E-state index contributed by atoms with van der Waals surface area (Å²) in [6.45, 7) is 2.59. The number of carbonyl (C=O) groups is 2. The van der Waals surface area contributed by atoms with Crippen LogP contribution in [0.4, 0.5) is 0 Å². The van der Waals surface area contributed by atoms with E-state index in [0.717, 1.165) is 36.7 Å². The summed E-state index contributed by atoms with van der Waals surface area (Å²) in [5.41, 5.74) is 0.611. The number of ether oxygens (including phenoxy) is 2. The molecule has 0 bridgehead atoms. The Hall–Kier alpha value is -2.28. The van der Waals surface area contributed by atoms with Gasteiger partial charge >= 0.3 is 5.97 Å². The fourth-order valence-corrected chi connectivity index (χ4v) is 4.38. The van der Waals surface area contributed by atoms with Crippen LogP contribution < -0.4 is 9.47 Å². The van der Waals surface area contributed by atoms with Crippen LogP contribution in [-0.2, 0) is 16.1 Å². The fraction of sp³-hybridized carbons (Fsp3) is 0.556. The zero-order chi connectivity index (χ0) is 17.6. The number of hydrogen-bond acceptors (Lipinski definition) is 5. The summed E-state index contributed by atoms with van der Waals surface area (Å²) in [5, 5.41) is 9.54. The molecule has 0 unspecified atom stereocenters. The lowest BCUT2D eigenvalue weighted by Gasteiger charge is -2.45. The fourth-order valence-electron chi connectivity index (χ4n) is 4.38. The Morgan fingerprint density at radius 3 is 2.72 bits per heavy atom. The minimum atomic E-state index is -0.859. The number of carboxylic acids is 1. The van der Waals surface area contributed by atoms with E-state index in [2.05, 4.69) is 4.90 Å². The van der Waals surface area contributed by atoms with E-state index in [9.17, 15) is 14.7 Å². The van der Waals surface area contributed by atoms with Crippen molar-refractivity contribution in [1.82, 2.24) is 9.80 Å². The standard InChI is InChI=1S/C18H22N2O5/c1-19-16(21)9-13(17(22)23)18(19)4-6-20(7-5-18)10-12-2-3-14-15(8-12)25-11-24-14/h2-3,8,13H,4-7,9-11H2,1H3,(H,22,23)/t13-/m0/s1. The summed E-state index contributed by atoms with van der Waals surface area (Å²) in [4.78, 5) is 27.7. The Labute approximate surface area is 146 Å². The van der Waals surface area contributed by atoms with Crippen molar-refractivity contribution in [2.45, 2.75) is 31.3 Å². The van der Waals surface area contributed by atoms with Crippen LogP contribution in [0.15, 0.2) is 18.2 Å². The van der Waals surface area contributed by atoms with Crippen LogP contribution in [0, 0.1) is 5.92 Å². The average Bonchev–Trinajstić information content (AvgIpc) is 3.15. The summed E-state index contributed by atoms with van der Waals surface area (Å²) < 4.78 is 10.8. The summed E-state index contributed by atoms with van der Waals surface area (Å²) in [5.74, 6) is 0.0334. The summed E-state index contributed by atoms with van der Waals surface area (Å²) in [6, 6.07) is 5.95. The topological polar surface area (TPSA) is 79.3 Å². The maximum absolute atomic E-state index is 12.1. The van der Waals surface area contributed by atoms with E-state index in [0.29, 0.717) is 12.8 Å². The van der Waals surface area contributed by atoms with Crippen molar-refractivity contribution in [1.29, 1.82) is 0 Å². The number of benzene rings is 1. The first kappa shape index (κ1) is 16.2. The number of rotatable bonds is 3. The van der Waals surface area contributed by atoms with Crippen molar-refractivity contribution in [3.05, 3.63) is 23.8 Å². The molecular weight excluding hydrogens is 324 g/mol. The zero-order valence-electron chi connectivity index (χ0n) is 14.2. The van der Waals surface area contributed by atoms with Crippen LogP contribution in [0.3, 0.4) is 0 Å². The van der Waals surface area contributed by atoms with Gasteiger partial charge in [-0.25, -0.2) is 0 Å². The molecule has 25 heavy (non-hydrogen) atoms. The number of fused-ring (bicyclic) bond motifs is 1. The van der Waals surface area contributed by atoms with Gasteiger partial charge in [0, 0.05) is 33.1 Å². The Balaban J connectivity index is 1.44. The minimum absolute atomic E-state index is 0.0587. The third-order valence-electron chi connectivity index (χ3n) is 5.93. The Morgan fingerprint density at radius 1 is 1.28 bits per heavy atom. The largest absolute Gasteiger partial charge is 0.481 e. The smallest absolute Gasteiger partial charge is 0.309 e. The van der Waals surface area contributed by atoms with E-state index in [1.807, 2.05) is 18.2 Å². The minimum Gasteiger partial charge on any atom is -0.481 e. The summed E-state index contributed by atoms with van der Waals surface area (Å²) in [6.07, 6.45) is 1.50. The number of piperidine rings is 1. The SMILES string of the molecule is CN1C(=O)C[C@@H](C(=O)O)C12CCN(Cc1ccc3c(c1)OCO3)CC2. The highest BCUT2D eigenvalue weighted by Crippen LogP contribution is 2.43. The van der Waals surface area contributed by atoms with Gasteiger partial charge in [-0.1, -0.05) is 6.07 Å². The van der Waals surface area contributed by atoms with Crippen molar-refractivity contribution in [2.75, 3.05) is 26.9 Å². The van der Waals surface area contributed by atoms with Crippen LogP contribution in [-0.4, -0.2) is 59.3 Å². The quantitative estimate of drug-likeness (QED) is 0.889. The van der Waals surface area contributed by atoms with Crippen molar-refractivity contribution >= 4 is 11.9 Å². The molecule has 4 rings (SSSR count). The Morgan fingerprint density at radius 2 is 2.00 bits per heavy atom. The molecule has 3 heterocycles. The second kappa shape index (κ2) is 5.91. The van der Waals surface area contributed by atoms with E-state index >= 15 is 0 Å². The van der Waals surface area contributed by atoms with Gasteiger partial charge in [-0.15, -0.1) is 0 Å². The highest BCUT2D eigenvalue weighted by molar-refractivity contribution is 5.88. The van der Waals surface area contributed by atoms with E-state index in [1.165, 1.54) is 0 Å². The van der Waals surface area contributed by atoms with Gasteiger partial charge in [0.15, 0.2) is 11.5 Å². The highest BCUT2D eigenvalue weighted by Gasteiger charge is 2.55. The first-order valence-corrected chi connectivity index (χ1v) is 8.60. The molecule has 2 fully saturated rings. The number of amides is 1. The second-order valence-electron chi connectivity index (χ2n) is 7.12. The average molecular weight is 346 g/mol. The number of nitrogens with zero attached hydrogens (tertiary/aromatic N) is 2. The number of hydrogen-bond donors (Lipinski definition) is 1. The van der Waals surface area contributed by atoms with E-state index in [4.69, 9.17) is 9.47 Å². The molecule has 1 atom stereocenters. The van der Waals surface area contributed by atoms with Crippen LogP contribution in [0.25, 0.3) is 0 Å². The van der Waals surface area contributed by atoms with Crippen LogP contribution in [0.5, 0.6) is 11.5 Å². The van der Waals surface area contributed by atoms with Gasteiger partial charge in [0.2, 0.25) is 12.7 Å². The maximum Gasteiger partial charge on any atom is 0.309 e. The van der Waals surface area contributed by atoms with Gasteiger partial charge in [-0.3, -0.25) is 14.5 Å². The molecule has 1 aromatic rings. The number of aliphatic carboxylic acids is 1. The number of likely N-dealkylation sites (tertiary alicyclic amines) is 2. The molecule has 134 valence electrons. The van der Waals surface area contributed by atoms with Gasteiger partial charge in [-0.2, -0.15) is 0 Å². The lowest BCUT2D eigenvalue weighted by Crippen LogP contribution is -2.55. The van der Waals surface area contributed by atoms with Gasteiger partial charge in [0.1, 0.15) is 0 Å². The van der Waals surface area contributed by atoms with Crippen molar-refractivity contribution in [3.63, 3.8) is 0 Å². The molecule has 7 heteroatoms. The predicted molar refractivity (Wildman–Crippen MR) is 88.3 cm³/mol. The summed E-state index contributed by atoms with van der Waals surface area (Å²) >= 11 is 0. The first-order chi connectivity index (χ1) is 12.0. The maximum atomic E-state index is 12.1. The van der Waals surface area contributed by atoms with Crippen molar-refractivity contribution < 1.29 is 24.2 Å². The molecule has 0 aromatic heterocycles. The molecule has 1 spiro atoms. The molecular formula is C18H22N2O5. The van der Waals surface area contributed by atoms with E-state index < -0.39 is 17.4 Å². The lowest BCUT2D eigenvalue weighted by molar-refractivity contribution is -0.146. The molecule has 0 aliphatic carbocycles. The molecule has 0 saturated carbocycles. The van der Waals surface area contributed by atoms with Gasteiger partial charge < -0.3 is 19.5 Å². The number of carboxylic acid groups (broad SMARTS) is 1. The molecule has 7 nitrogen and oxygen atoms in total. The van der Waals surface area contributed by atoms with Crippen molar-refractivity contribution in [2.24, 2.45) is 5.92 Å². The van der Waals surface area contributed by atoms with Crippen LogP contribution in [0.1, 0.15) is 24.8 Å². The first-order valence-electron chi connectivity index (χ1n) is 8.60. The van der Waals surface area contributed by atoms with Crippen LogP contribution >= 0.6 is 0 Å². The third kappa shape index (κ3) is 2.63. The zero-order valence-corrected chi connectivity index (χ0v) is 14.2. The summed E-state index contributed by atoms with van der Waals surface area (Å²) in [7, 11) is 1.75. The van der Waals surface area contributed by atoms with Gasteiger partial charge in [-0.05, 0) is 30.5 Å². The molecule has 0 radical (unpaired) electrons. The molecule has 2 saturated heterocycles. The monoisotopic (exact) mass is 346 g/mol. The van der Waals surface area contributed by atoms with Gasteiger partial charge in [0.25, 0.3) is 0 Å². The molecule has 1 amide bonds. The Kier molecular flexibility index (Phi) is 3.83.